The summed E-state index contributed by atoms with van der Waals surface area (Å²) in [6.07, 6.45) is 0.132. The van der Waals surface area contributed by atoms with E-state index in [-0.39, 0.29) is 0 Å². The van der Waals surface area contributed by atoms with Gasteiger partial charge in [-0.3, -0.25) is 0 Å². The van der Waals surface area contributed by atoms with Gasteiger partial charge in [0, 0.05) is 16.9 Å². The minimum Gasteiger partial charge on any atom is -0.496 e. The largest absolute Gasteiger partial charge is 0.496 e. The molecule has 1 N–H and O–H groups in total. The Bertz CT molecular complexity index is 437. The van der Waals surface area contributed by atoms with Crippen LogP contribution in [0.1, 0.15) is 16.5 Å². The van der Waals surface area contributed by atoms with Gasteiger partial charge in [0.15, 0.2) is 0 Å². The van der Waals surface area contributed by atoms with Crippen LogP contribution < -0.4 is 4.74 Å². The van der Waals surface area contributed by atoms with Crippen molar-refractivity contribution in [1.82, 2.24) is 0 Å². The summed E-state index contributed by atoms with van der Waals surface area (Å²) >= 11 is 1.66. The molecular weight excluding hydrogens is 220 g/mol. The average Bonchev–Trinajstić information content (AvgIpc) is 2.81. The van der Waals surface area contributed by atoms with Gasteiger partial charge in [-0.15, -0.1) is 11.3 Å². The minimum absolute atomic E-state index is 0.505. The Morgan fingerprint density at radius 3 is 2.75 bits per heavy atom. The summed E-state index contributed by atoms with van der Waals surface area (Å²) in [6.45, 7) is 0. The van der Waals surface area contributed by atoms with Gasteiger partial charge in [-0.2, -0.15) is 0 Å². The zero-order valence-electron chi connectivity index (χ0n) is 9.09. The lowest BCUT2D eigenvalue weighted by molar-refractivity contribution is 0.175. The summed E-state index contributed by atoms with van der Waals surface area (Å²) in [4.78, 5) is 1.18. The summed E-state index contributed by atoms with van der Waals surface area (Å²) in [7, 11) is 1.62. The third kappa shape index (κ3) is 2.43. The Morgan fingerprint density at radius 2 is 2.06 bits per heavy atom. The number of hydrogen-bond donors (Lipinski definition) is 1. The van der Waals surface area contributed by atoms with Crippen molar-refractivity contribution in [1.29, 1.82) is 0 Å². The second-order valence-electron chi connectivity index (χ2n) is 3.54. The second-order valence-corrected chi connectivity index (χ2v) is 4.57. The molecule has 1 aromatic heterocycles. The van der Waals surface area contributed by atoms with E-state index in [0.717, 1.165) is 11.3 Å². The van der Waals surface area contributed by atoms with Crippen LogP contribution in [0.4, 0.5) is 0 Å². The van der Waals surface area contributed by atoms with Crippen LogP contribution >= 0.6 is 11.3 Å². The Labute approximate surface area is 99.1 Å². The van der Waals surface area contributed by atoms with E-state index in [1.54, 1.807) is 18.4 Å². The van der Waals surface area contributed by atoms with Gasteiger partial charge in [-0.25, -0.2) is 0 Å². The molecule has 0 aliphatic rings. The van der Waals surface area contributed by atoms with Crippen molar-refractivity contribution in [3.05, 3.63) is 52.2 Å². The summed E-state index contributed by atoms with van der Waals surface area (Å²) in [6, 6.07) is 11.6. The molecule has 0 saturated carbocycles. The van der Waals surface area contributed by atoms with E-state index in [1.807, 2.05) is 41.8 Å². The van der Waals surface area contributed by atoms with E-state index in [2.05, 4.69) is 0 Å². The predicted molar refractivity (Wildman–Crippen MR) is 66.0 cm³/mol. The van der Waals surface area contributed by atoms with E-state index in [1.165, 1.54) is 4.88 Å². The highest BCUT2D eigenvalue weighted by Crippen LogP contribution is 2.28. The number of ether oxygens (including phenoxy) is 1. The number of methoxy groups -OCH3 is 1. The monoisotopic (exact) mass is 234 g/mol. The van der Waals surface area contributed by atoms with Crippen LogP contribution in [0.15, 0.2) is 41.8 Å². The molecule has 84 valence electrons. The van der Waals surface area contributed by atoms with Crippen molar-refractivity contribution < 1.29 is 9.84 Å². The molecule has 0 radical (unpaired) electrons. The Balaban J connectivity index is 2.17. The number of aliphatic hydroxyl groups excluding tert-OH is 1. The summed E-state index contributed by atoms with van der Waals surface area (Å²) in [5, 5.41) is 12.1. The molecule has 2 aromatic rings. The van der Waals surface area contributed by atoms with Crippen LogP contribution in [-0.2, 0) is 6.42 Å². The molecule has 2 nitrogen and oxygen atoms in total. The Morgan fingerprint density at radius 1 is 1.25 bits per heavy atom. The molecule has 3 heteroatoms. The van der Waals surface area contributed by atoms with Gasteiger partial charge in [0.05, 0.1) is 13.2 Å². The van der Waals surface area contributed by atoms with Crippen LogP contribution in [0.3, 0.4) is 0 Å². The van der Waals surface area contributed by atoms with Crippen molar-refractivity contribution in [2.75, 3.05) is 7.11 Å². The molecule has 1 atom stereocenters. The molecule has 1 aromatic carbocycles. The maximum Gasteiger partial charge on any atom is 0.124 e. The third-order valence-corrected chi connectivity index (χ3v) is 3.37. The molecule has 0 aliphatic heterocycles. The molecule has 1 unspecified atom stereocenters. The van der Waals surface area contributed by atoms with E-state index in [4.69, 9.17) is 4.74 Å². The molecule has 0 aliphatic carbocycles. The fourth-order valence-electron chi connectivity index (χ4n) is 1.67. The lowest BCUT2D eigenvalue weighted by Crippen LogP contribution is -2.02. The minimum atomic E-state index is -0.505. The van der Waals surface area contributed by atoms with Crippen molar-refractivity contribution in [3.8, 4) is 5.75 Å². The maximum atomic E-state index is 10.1. The highest BCUT2D eigenvalue weighted by atomic mass is 32.1. The van der Waals surface area contributed by atoms with Gasteiger partial charge in [0.2, 0.25) is 0 Å². The Kier molecular flexibility index (Phi) is 3.59. The number of aliphatic hydroxyl groups is 1. The number of benzene rings is 1. The molecule has 0 spiro atoms. The van der Waals surface area contributed by atoms with E-state index < -0.39 is 6.10 Å². The predicted octanol–water partition coefficient (Wildman–Crippen LogP) is 3.03. The van der Waals surface area contributed by atoms with Crippen LogP contribution in [0.5, 0.6) is 5.75 Å². The third-order valence-electron chi connectivity index (χ3n) is 2.47. The molecule has 0 amide bonds. The van der Waals surface area contributed by atoms with Crippen LogP contribution in [0.25, 0.3) is 0 Å². The highest BCUT2D eigenvalue weighted by molar-refractivity contribution is 7.09. The molecule has 1 heterocycles. The second kappa shape index (κ2) is 5.14. The first-order chi connectivity index (χ1) is 7.81. The van der Waals surface area contributed by atoms with E-state index in [0.29, 0.717) is 6.42 Å². The summed E-state index contributed by atoms with van der Waals surface area (Å²) in [5.41, 5.74) is 0.846. The number of rotatable bonds is 4. The molecule has 16 heavy (non-hydrogen) atoms. The van der Waals surface area contributed by atoms with Crippen LogP contribution in [0.2, 0.25) is 0 Å². The van der Waals surface area contributed by atoms with Crippen molar-refractivity contribution in [2.45, 2.75) is 12.5 Å². The first-order valence-corrected chi connectivity index (χ1v) is 6.02. The molecule has 2 rings (SSSR count). The first-order valence-electron chi connectivity index (χ1n) is 5.14. The van der Waals surface area contributed by atoms with Crippen molar-refractivity contribution in [3.63, 3.8) is 0 Å². The fraction of sp³-hybridized carbons (Fsp3) is 0.231. The smallest absolute Gasteiger partial charge is 0.124 e. The summed E-state index contributed by atoms with van der Waals surface area (Å²) in [5.74, 6) is 0.742. The van der Waals surface area contributed by atoms with Crippen molar-refractivity contribution >= 4 is 11.3 Å². The number of para-hydroxylation sites is 1. The van der Waals surface area contributed by atoms with E-state index in [9.17, 15) is 5.11 Å². The SMILES string of the molecule is COc1ccccc1C(O)Cc1cccs1. The highest BCUT2D eigenvalue weighted by Gasteiger charge is 2.13. The lowest BCUT2D eigenvalue weighted by atomic mass is 10.0. The zero-order chi connectivity index (χ0) is 11.4. The number of hydrogen-bond acceptors (Lipinski definition) is 3. The van der Waals surface area contributed by atoms with Crippen molar-refractivity contribution in [2.24, 2.45) is 0 Å². The first kappa shape index (κ1) is 11.2. The van der Waals surface area contributed by atoms with Gasteiger partial charge in [-0.05, 0) is 17.5 Å². The fourth-order valence-corrected chi connectivity index (χ4v) is 2.41. The standard InChI is InChI=1S/C13H14O2S/c1-15-13-7-3-2-6-11(13)12(14)9-10-5-4-8-16-10/h2-8,12,14H,9H2,1H3. The summed E-state index contributed by atoms with van der Waals surface area (Å²) < 4.78 is 5.23. The van der Waals surface area contributed by atoms with Gasteiger partial charge in [0.25, 0.3) is 0 Å². The number of thiophene rings is 1. The normalized spacial score (nSPS) is 12.4. The topological polar surface area (TPSA) is 29.5 Å². The van der Waals surface area contributed by atoms with Gasteiger partial charge in [0.1, 0.15) is 5.75 Å². The van der Waals surface area contributed by atoms with Crippen LogP contribution in [-0.4, -0.2) is 12.2 Å². The Hall–Kier alpha value is -1.32. The molecule has 0 bridgehead atoms. The van der Waals surface area contributed by atoms with Gasteiger partial charge >= 0.3 is 0 Å². The van der Waals surface area contributed by atoms with Gasteiger partial charge in [-0.1, -0.05) is 24.3 Å². The lowest BCUT2D eigenvalue weighted by Gasteiger charge is -2.13. The van der Waals surface area contributed by atoms with Crippen LogP contribution in [0, 0.1) is 0 Å². The van der Waals surface area contributed by atoms with Gasteiger partial charge < -0.3 is 9.84 Å². The molecular formula is C13H14O2S. The molecule has 0 saturated heterocycles. The zero-order valence-corrected chi connectivity index (χ0v) is 9.91. The quantitative estimate of drug-likeness (QED) is 0.881. The molecule has 0 fully saturated rings. The van der Waals surface area contributed by atoms with E-state index >= 15 is 0 Å². The maximum absolute atomic E-state index is 10.1. The average molecular weight is 234 g/mol.